The molecule has 0 fully saturated rings. The van der Waals surface area contributed by atoms with Gasteiger partial charge in [-0.05, 0) is 64.4 Å². The first kappa shape index (κ1) is 29.2. The molecule has 2 unspecified atom stereocenters. The van der Waals surface area contributed by atoms with Crippen LogP contribution in [-0.4, -0.2) is 9.13 Å². The SMILES string of the molecule is c1ccc(C2NC(n3c4cc5c(cc4c4ccc6c7ccccc7sc6c43)c3c4ccccc4ccc3n5-c3ccccc3)Nc3ccccc32)cc1. The maximum Gasteiger partial charge on any atom is 0.160 e. The fourth-order valence-corrected chi connectivity index (χ4v) is 10.3. The highest BCUT2D eigenvalue weighted by Gasteiger charge is 2.31. The molecule has 0 aliphatic carbocycles. The predicted molar refractivity (Wildman–Crippen MR) is 225 cm³/mol. The lowest BCUT2D eigenvalue weighted by Gasteiger charge is -2.36. The van der Waals surface area contributed by atoms with Crippen LogP contribution in [0, 0.1) is 0 Å². The van der Waals surface area contributed by atoms with E-state index in [9.17, 15) is 0 Å². The van der Waals surface area contributed by atoms with E-state index in [1.807, 2.05) is 11.3 Å². The van der Waals surface area contributed by atoms with Crippen LogP contribution in [0.25, 0.3) is 80.2 Å². The first-order valence-corrected chi connectivity index (χ1v) is 19.1. The van der Waals surface area contributed by atoms with E-state index in [0.29, 0.717) is 0 Å². The number of benzene rings is 8. The summed E-state index contributed by atoms with van der Waals surface area (Å²) in [7, 11) is 0. The summed E-state index contributed by atoms with van der Waals surface area (Å²) in [6, 6.07) is 62.2. The first-order valence-electron chi connectivity index (χ1n) is 18.3. The van der Waals surface area contributed by atoms with E-state index in [-0.39, 0.29) is 12.3 Å². The maximum absolute atomic E-state index is 4.11. The second-order valence-corrected chi connectivity index (χ2v) is 15.2. The van der Waals surface area contributed by atoms with Gasteiger partial charge in [0.15, 0.2) is 6.29 Å². The summed E-state index contributed by atoms with van der Waals surface area (Å²) >= 11 is 1.90. The third-order valence-electron chi connectivity index (χ3n) is 11.4. The van der Waals surface area contributed by atoms with Gasteiger partial charge in [-0.25, -0.2) is 0 Å². The molecule has 8 aromatic carbocycles. The van der Waals surface area contributed by atoms with Gasteiger partial charge in [-0.2, -0.15) is 0 Å². The van der Waals surface area contributed by atoms with Crippen LogP contribution in [0.1, 0.15) is 23.5 Å². The van der Waals surface area contributed by atoms with Gasteiger partial charge in [-0.1, -0.05) is 127 Å². The summed E-state index contributed by atoms with van der Waals surface area (Å²) in [5.41, 5.74) is 9.66. The van der Waals surface area contributed by atoms with E-state index < -0.39 is 0 Å². The molecular formula is C48H32N4S. The molecule has 1 aliphatic heterocycles. The van der Waals surface area contributed by atoms with Gasteiger partial charge in [0, 0.05) is 48.4 Å². The molecule has 0 spiro atoms. The van der Waals surface area contributed by atoms with E-state index >= 15 is 0 Å². The summed E-state index contributed by atoms with van der Waals surface area (Å²) in [4.78, 5) is 0. The van der Waals surface area contributed by atoms with Crippen molar-refractivity contribution in [2.24, 2.45) is 0 Å². The van der Waals surface area contributed by atoms with Gasteiger partial charge in [0.1, 0.15) is 0 Å². The number of thiophene rings is 1. The standard InChI is InChI=1S/C48H32N4S/c1-3-14-30(15-4-1)45-36-20-9-11-21-39(36)49-48(50-45)52-41-28-42-38(27-37(41)34-24-25-35-33-19-10-12-22-43(33)53-47(35)46(34)52)44-32-18-8-7-13-29(32)23-26-40(44)51(42)31-16-5-2-6-17-31/h1-28,45,48-50H. The molecule has 5 heteroatoms. The Morgan fingerprint density at radius 1 is 0.509 bits per heavy atom. The van der Waals surface area contributed by atoms with E-state index in [2.05, 4.69) is 190 Å². The van der Waals surface area contributed by atoms with Crippen LogP contribution in [0.15, 0.2) is 170 Å². The lowest BCUT2D eigenvalue weighted by atomic mass is 9.95. The van der Waals surface area contributed by atoms with Crippen LogP contribution in [0.5, 0.6) is 0 Å². The van der Waals surface area contributed by atoms with Crippen molar-refractivity contribution in [2.75, 3.05) is 5.32 Å². The first-order chi connectivity index (χ1) is 26.3. The van der Waals surface area contributed by atoms with Crippen molar-refractivity contribution < 1.29 is 0 Å². The molecule has 0 amide bonds. The number of rotatable bonds is 3. The van der Waals surface area contributed by atoms with Crippen molar-refractivity contribution >= 4 is 91.6 Å². The minimum atomic E-state index is -0.223. The third kappa shape index (κ3) is 4.15. The van der Waals surface area contributed by atoms with Crippen LogP contribution >= 0.6 is 11.3 Å². The molecule has 11 aromatic rings. The Morgan fingerprint density at radius 2 is 1.25 bits per heavy atom. The molecule has 2 atom stereocenters. The summed E-state index contributed by atoms with van der Waals surface area (Å²) in [5.74, 6) is 0. The molecule has 53 heavy (non-hydrogen) atoms. The van der Waals surface area contributed by atoms with E-state index in [1.54, 1.807) is 0 Å². The van der Waals surface area contributed by atoms with Crippen LogP contribution < -0.4 is 10.6 Å². The molecular weight excluding hydrogens is 665 g/mol. The van der Waals surface area contributed by atoms with Crippen LogP contribution in [0.2, 0.25) is 0 Å². The Kier molecular flexibility index (Phi) is 6.09. The largest absolute Gasteiger partial charge is 0.352 e. The van der Waals surface area contributed by atoms with Gasteiger partial charge in [0.25, 0.3) is 0 Å². The van der Waals surface area contributed by atoms with Gasteiger partial charge in [0.05, 0.1) is 32.8 Å². The summed E-state index contributed by atoms with van der Waals surface area (Å²) in [6.07, 6.45) is -0.223. The highest BCUT2D eigenvalue weighted by molar-refractivity contribution is 7.26. The molecule has 0 radical (unpaired) electrons. The zero-order valence-electron chi connectivity index (χ0n) is 28.6. The average Bonchev–Trinajstić information content (AvgIpc) is 3.87. The molecule has 250 valence electrons. The topological polar surface area (TPSA) is 33.9 Å². The number of hydrogen-bond acceptors (Lipinski definition) is 3. The van der Waals surface area contributed by atoms with E-state index in [0.717, 1.165) is 11.4 Å². The zero-order chi connectivity index (χ0) is 34.6. The highest BCUT2D eigenvalue weighted by atomic mass is 32.1. The van der Waals surface area contributed by atoms with Crippen molar-refractivity contribution in [1.29, 1.82) is 0 Å². The normalized spacial score (nSPS) is 16.0. The molecule has 3 aromatic heterocycles. The molecule has 4 heterocycles. The van der Waals surface area contributed by atoms with Gasteiger partial charge < -0.3 is 14.5 Å². The smallest absolute Gasteiger partial charge is 0.160 e. The van der Waals surface area contributed by atoms with E-state index in [1.165, 1.54) is 85.7 Å². The van der Waals surface area contributed by atoms with Gasteiger partial charge >= 0.3 is 0 Å². The lowest BCUT2D eigenvalue weighted by molar-refractivity contribution is 0.417. The average molecular weight is 697 g/mol. The fourth-order valence-electron chi connectivity index (χ4n) is 9.09. The lowest BCUT2D eigenvalue weighted by Crippen LogP contribution is -2.40. The molecule has 4 nitrogen and oxygen atoms in total. The Labute approximate surface area is 309 Å². The summed E-state index contributed by atoms with van der Waals surface area (Å²) in [5, 5.41) is 18.3. The van der Waals surface area contributed by atoms with Crippen molar-refractivity contribution in [3.05, 3.63) is 181 Å². The monoisotopic (exact) mass is 696 g/mol. The maximum atomic E-state index is 4.11. The quantitative estimate of drug-likeness (QED) is 0.193. The van der Waals surface area contributed by atoms with Crippen LogP contribution in [-0.2, 0) is 0 Å². The number of nitrogens with one attached hydrogen (secondary N) is 2. The van der Waals surface area contributed by atoms with Gasteiger partial charge in [0.2, 0.25) is 0 Å². The van der Waals surface area contributed by atoms with Gasteiger partial charge in [-0.3, -0.25) is 5.32 Å². The number of anilines is 1. The van der Waals surface area contributed by atoms with Crippen molar-refractivity contribution in [2.45, 2.75) is 12.3 Å². The Morgan fingerprint density at radius 3 is 2.13 bits per heavy atom. The number of hydrogen-bond donors (Lipinski definition) is 2. The van der Waals surface area contributed by atoms with Crippen LogP contribution in [0.3, 0.4) is 0 Å². The summed E-state index contributed by atoms with van der Waals surface area (Å²) in [6.45, 7) is 0. The third-order valence-corrected chi connectivity index (χ3v) is 12.6. The van der Waals surface area contributed by atoms with E-state index in [4.69, 9.17) is 0 Å². The molecule has 0 bridgehead atoms. The Bertz CT molecular complexity index is 3240. The Hall–Kier alpha value is -6.40. The number of fused-ring (bicyclic) bond motifs is 13. The number of aromatic nitrogens is 2. The van der Waals surface area contributed by atoms with Crippen molar-refractivity contribution in [3.63, 3.8) is 0 Å². The fraction of sp³-hybridized carbons (Fsp3) is 0.0417. The molecule has 0 saturated heterocycles. The minimum absolute atomic E-state index is 0.0126. The predicted octanol–water partition coefficient (Wildman–Crippen LogP) is 12.7. The van der Waals surface area contributed by atoms with Crippen molar-refractivity contribution in [3.8, 4) is 5.69 Å². The number of para-hydroxylation sites is 2. The minimum Gasteiger partial charge on any atom is -0.352 e. The Balaban J connectivity index is 1.24. The highest BCUT2D eigenvalue weighted by Crippen LogP contribution is 2.47. The van der Waals surface area contributed by atoms with Crippen molar-refractivity contribution in [1.82, 2.24) is 14.5 Å². The molecule has 2 N–H and O–H groups in total. The molecule has 12 rings (SSSR count). The molecule has 0 saturated carbocycles. The second kappa shape index (κ2) is 11.1. The zero-order valence-corrected chi connectivity index (χ0v) is 29.4. The van der Waals surface area contributed by atoms with Gasteiger partial charge in [-0.15, -0.1) is 11.3 Å². The molecule has 1 aliphatic rings. The summed E-state index contributed by atoms with van der Waals surface area (Å²) < 4.78 is 7.63. The number of nitrogens with zero attached hydrogens (tertiary/aromatic N) is 2. The van der Waals surface area contributed by atoms with Crippen LogP contribution in [0.4, 0.5) is 5.69 Å². The second-order valence-electron chi connectivity index (χ2n) is 14.2.